The summed E-state index contributed by atoms with van der Waals surface area (Å²) >= 11 is 1.61. The van der Waals surface area contributed by atoms with Gasteiger partial charge in [0.05, 0.1) is 6.54 Å². The third kappa shape index (κ3) is 4.02. The fraction of sp³-hybridized carbons (Fsp3) is 0.368. The minimum absolute atomic E-state index is 0.102. The van der Waals surface area contributed by atoms with Gasteiger partial charge in [-0.25, -0.2) is 4.79 Å². The first kappa shape index (κ1) is 17.5. The Kier molecular flexibility index (Phi) is 4.81. The number of carbonyl (C=O) groups is 2. The molecule has 1 aromatic carbocycles. The lowest BCUT2D eigenvalue weighted by molar-refractivity contribution is -0.125. The van der Waals surface area contributed by atoms with Gasteiger partial charge in [-0.3, -0.25) is 4.79 Å². The van der Waals surface area contributed by atoms with Crippen molar-refractivity contribution in [2.24, 2.45) is 5.41 Å². The molecule has 3 rings (SSSR count). The molecule has 0 fully saturated rings. The van der Waals surface area contributed by atoms with E-state index in [4.69, 9.17) is 0 Å². The number of hydrogen-bond donors (Lipinski definition) is 2. The van der Waals surface area contributed by atoms with Crippen molar-refractivity contribution in [1.29, 1.82) is 0 Å². The summed E-state index contributed by atoms with van der Waals surface area (Å²) in [4.78, 5) is 27.6. The Bertz CT molecular complexity index is 778. The van der Waals surface area contributed by atoms with Crippen LogP contribution in [-0.2, 0) is 17.8 Å². The smallest absolute Gasteiger partial charge is 0.319 e. The van der Waals surface area contributed by atoms with E-state index in [0.29, 0.717) is 18.8 Å². The number of fused-ring (bicyclic) bond motifs is 1. The van der Waals surface area contributed by atoms with Crippen LogP contribution in [0.4, 0.5) is 16.2 Å². The first-order chi connectivity index (χ1) is 11.8. The Balaban J connectivity index is 1.68. The summed E-state index contributed by atoms with van der Waals surface area (Å²) in [5.74, 6) is 0.102. The Morgan fingerprint density at radius 2 is 2.04 bits per heavy atom. The quantitative estimate of drug-likeness (QED) is 0.872. The maximum absolute atomic E-state index is 12.6. The molecule has 2 heterocycles. The highest BCUT2D eigenvalue weighted by atomic mass is 32.1. The standard InChI is InChI=1S/C19H23N3O2S/c1-19(2,3)17(23)22-9-8-13-6-7-14(11-16(13)22)21-18(24)20-12-15-5-4-10-25-15/h4-7,10-11H,8-9,12H2,1-3H3,(H2,20,21,24). The van der Waals surface area contributed by atoms with Gasteiger partial charge in [0.1, 0.15) is 0 Å². The van der Waals surface area contributed by atoms with Crippen LogP contribution >= 0.6 is 11.3 Å². The average molecular weight is 357 g/mol. The molecule has 0 atom stereocenters. The summed E-state index contributed by atoms with van der Waals surface area (Å²) in [6.07, 6.45) is 0.849. The molecular weight excluding hydrogens is 334 g/mol. The van der Waals surface area contributed by atoms with Crippen LogP contribution in [0.15, 0.2) is 35.7 Å². The summed E-state index contributed by atoms with van der Waals surface area (Å²) in [6, 6.07) is 9.45. The van der Waals surface area contributed by atoms with Gasteiger partial charge in [0, 0.05) is 28.2 Å². The van der Waals surface area contributed by atoms with Crippen molar-refractivity contribution in [2.45, 2.75) is 33.7 Å². The molecule has 132 valence electrons. The molecule has 2 aromatic rings. The summed E-state index contributed by atoms with van der Waals surface area (Å²) < 4.78 is 0. The third-order valence-electron chi connectivity index (χ3n) is 4.13. The molecule has 0 saturated carbocycles. The number of nitrogens with zero attached hydrogens (tertiary/aromatic N) is 1. The first-order valence-electron chi connectivity index (χ1n) is 8.37. The van der Waals surface area contributed by atoms with Crippen LogP contribution in [0.25, 0.3) is 0 Å². The highest BCUT2D eigenvalue weighted by molar-refractivity contribution is 7.09. The molecule has 1 aliphatic rings. The molecule has 0 aliphatic carbocycles. The van der Waals surface area contributed by atoms with E-state index >= 15 is 0 Å². The van der Waals surface area contributed by atoms with E-state index in [0.717, 1.165) is 22.5 Å². The lowest BCUT2D eigenvalue weighted by atomic mass is 9.94. The maximum atomic E-state index is 12.6. The fourth-order valence-corrected chi connectivity index (χ4v) is 3.47. The van der Waals surface area contributed by atoms with E-state index in [9.17, 15) is 9.59 Å². The van der Waals surface area contributed by atoms with E-state index in [1.165, 1.54) is 0 Å². The molecule has 25 heavy (non-hydrogen) atoms. The van der Waals surface area contributed by atoms with Crippen LogP contribution in [0.3, 0.4) is 0 Å². The number of carbonyl (C=O) groups excluding carboxylic acids is 2. The second-order valence-electron chi connectivity index (χ2n) is 7.19. The molecule has 6 heteroatoms. The Morgan fingerprint density at radius 1 is 1.24 bits per heavy atom. The van der Waals surface area contributed by atoms with Gasteiger partial charge in [0.25, 0.3) is 0 Å². The highest BCUT2D eigenvalue weighted by Gasteiger charge is 2.32. The van der Waals surface area contributed by atoms with Crippen molar-refractivity contribution >= 4 is 34.6 Å². The van der Waals surface area contributed by atoms with Crippen LogP contribution in [0.5, 0.6) is 0 Å². The van der Waals surface area contributed by atoms with Gasteiger partial charge in [-0.2, -0.15) is 0 Å². The second kappa shape index (κ2) is 6.88. The maximum Gasteiger partial charge on any atom is 0.319 e. The summed E-state index contributed by atoms with van der Waals surface area (Å²) in [6.45, 7) is 6.97. The average Bonchev–Trinajstić information content (AvgIpc) is 3.20. The summed E-state index contributed by atoms with van der Waals surface area (Å²) in [5, 5.41) is 7.67. The van der Waals surface area contributed by atoms with Gasteiger partial charge in [-0.05, 0) is 35.6 Å². The van der Waals surface area contributed by atoms with Gasteiger partial charge in [0.2, 0.25) is 5.91 Å². The minimum Gasteiger partial charge on any atom is -0.333 e. The number of hydrogen-bond acceptors (Lipinski definition) is 3. The number of nitrogens with one attached hydrogen (secondary N) is 2. The lowest BCUT2D eigenvalue weighted by Crippen LogP contribution is -2.38. The normalized spacial score (nSPS) is 13.5. The number of urea groups is 1. The van der Waals surface area contributed by atoms with E-state index in [1.807, 2.05) is 61.4 Å². The van der Waals surface area contributed by atoms with E-state index < -0.39 is 5.41 Å². The van der Waals surface area contributed by atoms with Crippen LogP contribution in [0.2, 0.25) is 0 Å². The zero-order valence-electron chi connectivity index (χ0n) is 14.8. The van der Waals surface area contributed by atoms with Crippen LogP contribution in [0, 0.1) is 5.41 Å². The molecule has 0 unspecified atom stereocenters. The second-order valence-corrected chi connectivity index (χ2v) is 8.22. The predicted molar refractivity (Wildman–Crippen MR) is 102 cm³/mol. The molecule has 2 N–H and O–H groups in total. The zero-order valence-corrected chi connectivity index (χ0v) is 15.6. The van der Waals surface area contributed by atoms with Crippen LogP contribution < -0.4 is 15.5 Å². The largest absolute Gasteiger partial charge is 0.333 e. The molecule has 0 radical (unpaired) electrons. The van der Waals surface area contributed by atoms with Crippen molar-refractivity contribution in [3.63, 3.8) is 0 Å². The van der Waals surface area contributed by atoms with Gasteiger partial charge in [-0.15, -0.1) is 11.3 Å². The van der Waals surface area contributed by atoms with Crippen LogP contribution in [-0.4, -0.2) is 18.5 Å². The first-order valence-corrected chi connectivity index (χ1v) is 9.25. The van der Waals surface area contributed by atoms with E-state index in [1.54, 1.807) is 11.3 Å². The highest BCUT2D eigenvalue weighted by Crippen LogP contribution is 2.33. The van der Waals surface area contributed by atoms with Crippen molar-refractivity contribution in [1.82, 2.24) is 5.32 Å². The molecule has 0 spiro atoms. The Morgan fingerprint density at radius 3 is 2.72 bits per heavy atom. The van der Waals surface area contributed by atoms with Gasteiger partial charge in [-0.1, -0.05) is 32.9 Å². The van der Waals surface area contributed by atoms with Crippen molar-refractivity contribution < 1.29 is 9.59 Å². The van der Waals surface area contributed by atoms with Gasteiger partial charge in [0.15, 0.2) is 0 Å². The molecule has 0 bridgehead atoms. The number of amides is 3. The Labute approximate surface area is 152 Å². The fourth-order valence-electron chi connectivity index (χ4n) is 2.83. The van der Waals surface area contributed by atoms with E-state index in [2.05, 4.69) is 10.6 Å². The molecule has 1 aromatic heterocycles. The zero-order chi connectivity index (χ0) is 18.0. The topological polar surface area (TPSA) is 61.4 Å². The van der Waals surface area contributed by atoms with E-state index in [-0.39, 0.29) is 11.9 Å². The lowest BCUT2D eigenvalue weighted by Gasteiger charge is -2.26. The van der Waals surface area contributed by atoms with Gasteiger partial charge >= 0.3 is 6.03 Å². The van der Waals surface area contributed by atoms with Crippen molar-refractivity contribution in [3.05, 3.63) is 46.2 Å². The monoisotopic (exact) mass is 357 g/mol. The Hall–Kier alpha value is -2.34. The van der Waals surface area contributed by atoms with Crippen LogP contribution in [0.1, 0.15) is 31.2 Å². The summed E-state index contributed by atoms with van der Waals surface area (Å²) in [5.41, 5.74) is 2.30. The molecule has 0 saturated heterocycles. The molecule has 5 nitrogen and oxygen atoms in total. The molecule has 1 aliphatic heterocycles. The number of thiophene rings is 1. The minimum atomic E-state index is -0.427. The number of rotatable bonds is 3. The van der Waals surface area contributed by atoms with Gasteiger partial charge < -0.3 is 15.5 Å². The third-order valence-corrected chi connectivity index (χ3v) is 5.01. The molecule has 3 amide bonds. The summed E-state index contributed by atoms with van der Waals surface area (Å²) in [7, 11) is 0. The van der Waals surface area contributed by atoms with Crippen molar-refractivity contribution in [3.8, 4) is 0 Å². The molecular formula is C19H23N3O2S. The number of anilines is 2. The number of benzene rings is 1. The SMILES string of the molecule is CC(C)(C)C(=O)N1CCc2ccc(NC(=O)NCc3cccs3)cc21. The predicted octanol–water partition coefficient (Wildman–Crippen LogP) is 4.01. The van der Waals surface area contributed by atoms with Crippen molar-refractivity contribution in [2.75, 3.05) is 16.8 Å².